The van der Waals surface area contributed by atoms with Crippen LogP contribution < -0.4 is 5.32 Å². The average Bonchev–Trinajstić information content (AvgIpc) is 3.17. The molecule has 1 aliphatic carbocycles. The third-order valence-corrected chi connectivity index (χ3v) is 3.87. The number of hydrogen-bond acceptors (Lipinski definition) is 2. The van der Waals surface area contributed by atoms with Crippen molar-refractivity contribution in [1.29, 1.82) is 0 Å². The average molecular weight is 269 g/mol. The predicted molar refractivity (Wildman–Crippen MR) is 82.6 cm³/mol. The molecule has 1 fully saturated rings. The molecule has 20 heavy (non-hydrogen) atoms. The van der Waals surface area contributed by atoms with Gasteiger partial charge in [0, 0.05) is 30.9 Å². The van der Waals surface area contributed by atoms with Gasteiger partial charge >= 0.3 is 0 Å². The van der Waals surface area contributed by atoms with Gasteiger partial charge in [-0.15, -0.1) is 0 Å². The lowest BCUT2D eigenvalue weighted by molar-refractivity contribution is 0.603. The van der Waals surface area contributed by atoms with Crippen LogP contribution in [-0.2, 0) is 13.1 Å². The SMILES string of the molecule is CCCn1cc(-c2cc(CNC3CC3)ccc2C)cn1. The highest BCUT2D eigenvalue weighted by atomic mass is 15.3. The summed E-state index contributed by atoms with van der Waals surface area (Å²) in [5.41, 5.74) is 5.21. The Balaban J connectivity index is 1.80. The number of nitrogens with zero attached hydrogens (tertiary/aromatic N) is 2. The van der Waals surface area contributed by atoms with Gasteiger partial charge in [-0.2, -0.15) is 5.10 Å². The van der Waals surface area contributed by atoms with Crippen LogP contribution in [0.4, 0.5) is 0 Å². The Labute approximate surface area is 121 Å². The van der Waals surface area contributed by atoms with E-state index in [1.165, 1.54) is 35.1 Å². The van der Waals surface area contributed by atoms with Crippen LogP contribution in [0.5, 0.6) is 0 Å². The van der Waals surface area contributed by atoms with E-state index in [1.54, 1.807) is 0 Å². The first-order chi connectivity index (χ1) is 9.76. The molecule has 1 N–H and O–H groups in total. The van der Waals surface area contributed by atoms with Crippen molar-refractivity contribution in [3.63, 3.8) is 0 Å². The Kier molecular flexibility index (Phi) is 3.88. The number of benzene rings is 1. The van der Waals surface area contributed by atoms with E-state index in [-0.39, 0.29) is 0 Å². The summed E-state index contributed by atoms with van der Waals surface area (Å²) in [4.78, 5) is 0. The smallest absolute Gasteiger partial charge is 0.0568 e. The molecule has 0 bridgehead atoms. The molecule has 1 aromatic carbocycles. The van der Waals surface area contributed by atoms with Gasteiger partial charge in [0.15, 0.2) is 0 Å². The Hall–Kier alpha value is -1.61. The highest BCUT2D eigenvalue weighted by Crippen LogP contribution is 2.25. The van der Waals surface area contributed by atoms with E-state index in [0.29, 0.717) is 0 Å². The van der Waals surface area contributed by atoms with Gasteiger partial charge < -0.3 is 5.32 Å². The minimum Gasteiger partial charge on any atom is -0.310 e. The molecule has 3 rings (SSSR count). The fourth-order valence-corrected chi connectivity index (χ4v) is 2.49. The Morgan fingerprint density at radius 3 is 2.95 bits per heavy atom. The van der Waals surface area contributed by atoms with Crippen molar-refractivity contribution >= 4 is 0 Å². The van der Waals surface area contributed by atoms with Crippen molar-refractivity contribution in [2.45, 2.75) is 52.2 Å². The molecular formula is C17H23N3. The van der Waals surface area contributed by atoms with E-state index in [0.717, 1.165) is 25.6 Å². The van der Waals surface area contributed by atoms with Gasteiger partial charge in [-0.3, -0.25) is 4.68 Å². The van der Waals surface area contributed by atoms with E-state index in [1.807, 2.05) is 10.9 Å². The van der Waals surface area contributed by atoms with Crippen LogP contribution in [0.2, 0.25) is 0 Å². The maximum Gasteiger partial charge on any atom is 0.0568 e. The van der Waals surface area contributed by atoms with Crippen molar-refractivity contribution in [3.05, 3.63) is 41.7 Å². The third-order valence-electron chi connectivity index (χ3n) is 3.87. The van der Waals surface area contributed by atoms with Crippen molar-refractivity contribution < 1.29 is 0 Å². The maximum atomic E-state index is 4.44. The second-order valence-corrected chi connectivity index (χ2v) is 5.80. The van der Waals surface area contributed by atoms with Crippen LogP contribution in [-0.4, -0.2) is 15.8 Å². The van der Waals surface area contributed by atoms with Crippen molar-refractivity contribution in [1.82, 2.24) is 15.1 Å². The summed E-state index contributed by atoms with van der Waals surface area (Å²) in [6, 6.07) is 7.51. The fraction of sp³-hybridized carbons (Fsp3) is 0.471. The summed E-state index contributed by atoms with van der Waals surface area (Å²) in [7, 11) is 0. The molecule has 0 unspecified atom stereocenters. The summed E-state index contributed by atoms with van der Waals surface area (Å²) in [5.74, 6) is 0. The second kappa shape index (κ2) is 5.80. The monoisotopic (exact) mass is 269 g/mol. The zero-order chi connectivity index (χ0) is 13.9. The van der Waals surface area contributed by atoms with Crippen LogP contribution in [0, 0.1) is 6.92 Å². The highest BCUT2D eigenvalue weighted by molar-refractivity contribution is 5.66. The Morgan fingerprint density at radius 2 is 2.20 bits per heavy atom. The quantitative estimate of drug-likeness (QED) is 0.869. The van der Waals surface area contributed by atoms with E-state index >= 15 is 0 Å². The first-order valence-electron chi connectivity index (χ1n) is 7.62. The largest absolute Gasteiger partial charge is 0.310 e. The topological polar surface area (TPSA) is 29.9 Å². The molecule has 3 nitrogen and oxygen atoms in total. The number of rotatable bonds is 6. The van der Waals surface area contributed by atoms with Gasteiger partial charge in [0.05, 0.1) is 6.20 Å². The lowest BCUT2D eigenvalue weighted by Crippen LogP contribution is -2.15. The van der Waals surface area contributed by atoms with E-state index in [2.05, 4.69) is 48.7 Å². The Morgan fingerprint density at radius 1 is 1.35 bits per heavy atom. The van der Waals surface area contributed by atoms with Gasteiger partial charge in [-0.1, -0.05) is 19.1 Å². The molecule has 1 aromatic heterocycles. The molecule has 0 radical (unpaired) electrons. The third kappa shape index (κ3) is 3.10. The fourth-order valence-electron chi connectivity index (χ4n) is 2.49. The first-order valence-corrected chi connectivity index (χ1v) is 7.62. The molecule has 1 aliphatic rings. The number of aromatic nitrogens is 2. The Bertz CT molecular complexity index is 582. The zero-order valence-corrected chi connectivity index (χ0v) is 12.4. The predicted octanol–water partition coefficient (Wildman–Crippen LogP) is 3.52. The normalized spacial score (nSPS) is 14.7. The molecular weight excluding hydrogens is 246 g/mol. The standard InChI is InChI=1S/C17H23N3/c1-3-8-20-12-15(11-19-20)17-9-14(5-4-13(17)2)10-18-16-6-7-16/h4-5,9,11-12,16,18H,3,6-8,10H2,1-2H3. The number of aryl methyl sites for hydroxylation is 2. The minimum absolute atomic E-state index is 0.757. The summed E-state index contributed by atoms with van der Waals surface area (Å²) in [5, 5.41) is 8.01. The van der Waals surface area contributed by atoms with Crippen LogP contribution in [0.3, 0.4) is 0 Å². The molecule has 2 aromatic rings. The minimum atomic E-state index is 0.757. The van der Waals surface area contributed by atoms with Gasteiger partial charge in [0.25, 0.3) is 0 Å². The van der Waals surface area contributed by atoms with Gasteiger partial charge in [0.2, 0.25) is 0 Å². The molecule has 1 saturated carbocycles. The van der Waals surface area contributed by atoms with Crippen molar-refractivity contribution in [2.24, 2.45) is 0 Å². The molecule has 3 heteroatoms. The molecule has 0 spiro atoms. The number of hydrogen-bond donors (Lipinski definition) is 1. The lowest BCUT2D eigenvalue weighted by atomic mass is 10.0. The second-order valence-electron chi connectivity index (χ2n) is 5.80. The summed E-state index contributed by atoms with van der Waals surface area (Å²) in [6.45, 7) is 6.31. The molecule has 0 aliphatic heterocycles. The number of nitrogens with one attached hydrogen (secondary N) is 1. The van der Waals surface area contributed by atoms with Crippen molar-refractivity contribution in [3.8, 4) is 11.1 Å². The molecule has 1 heterocycles. The van der Waals surface area contributed by atoms with Gasteiger partial charge in [-0.05, 0) is 48.9 Å². The van der Waals surface area contributed by atoms with E-state index in [4.69, 9.17) is 0 Å². The van der Waals surface area contributed by atoms with Crippen LogP contribution >= 0.6 is 0 Å². The van der Waals surface area contributed by atoms with Gasteiger partial charge in [0.1, 0.15) is 0 Å². The summed E-state index contributed by atoms with van der Waals surface area (Å²) in [6.07, 6.45) is 7.93. The highest BCUT2D eigenvalue weighted by Gasteiger charge is 2.20. The van der Waals surface area contributed by atoms with Gasteiger partial charge in [-0.25, -0.2) is 0 Å². The van der Waals surface area contributed by atoms with E-state index < -0.39 is 0 Å². The maximum absolute atomic E-state index is 4.44. The van der Waals surface area contributed by atoms with Crippen LogP contribution in [0.25, 0.3) is 11.1 Å². The summed E-state index contributed by atoms with van der Waals surface area (Å²) < 4.78 is 2.03. The molecule has 0 atom stereocenters. The lowest BCUT2D eigenvalue weighted by Gasteiger charge is -2.08. The van der Waals surface area contributed by atoms with E-state index in [9.17, 15) is 0 Å². The van der Waals surface area contributed by atoms with Crippen LogP contribution in [0.15, 0.2) is 30.6 Å². The molecule has 0 amide bonds. The summed E-state index contributed by atoms with van der Waals surface area (Å²) >= 11 is 0. The van der Waals surface area contributed by atoms with Crippen molar-refractivity contribution in [2.75, 3.05) is 0 Å². The molecule has 0 saturated heterocycles. The zero-order valence-electron chi connectivity index (χ0n) is 12.4. The first kappa shape index (κ1) is 13.4. The van der Waals surface area contributed by atoms with Crippen LogP contribution in [0.1, 0.15) is 37.3 Å². The molecule has 106 valence electrons.